The van der Waals surface area contributed by atoms with Crippen molar-refractivity contribution in [3.8, 4) is 0 Å². The van der Waals surface area contributed by atoms with Gasteiger partial charge in [0, 0.05) is 29.7 Å². The third kappa shape index (κ3) is 8.28. The van der Waals surface area contributed by atoms with E-state index in [1.54, 1.807) is 54.6 Å². The summed E-state index contributed by atoms with van der Waals surface area (Å²) in [5.74, 6) is -2.02. The monoisotopic (exact) mass is 584 g/mol. The smallest absolute Gasteiger partial charge is 0.309 e. The molecule has 1 atom stereocenters. The number of nitrogens with one attached hydrogen (secondary N) is 4. The van der Waals surface area contributed by atoms with Gasteiger partial charge in [-0.05, 0) is 53.4 Å². The molecule has 0 aromatic heterocycles. The Morgan fingerprint density at radius 3 is 2.26 bits per heavy atom. The van der Waals surface area contributed by atoms with Gasteiger partial charge >= 0.3 is 11.8 Å². The normalized spacial score (nSPS) is 12.0. The van der Waals surface area contributed by atoms with Crippen LogP contribution in [-0.2, 0) is 26.2 Å². The number of hydrogen-bond acceptors (Lipinski definition) is 5. The number of sulfonamides is 1. The van der Waals surface area contributed by atoms with E-state index in [0.717, 1.165) is 21.7 Å². The van der Waals surface area contributed by atoms with Gasteiger partial charge in [0.2, 0.25) is 0 Å². The van der Waals surface area contributed by atoms with Gasteiger partial charge in [0.25, 0.3) is 15.9 Å². The fraction of sp³-hybridized carbons (Fsp3) is 0.156. The van der Waals surface area contributed by atoms with Crippen molar-refractivity contribution in [2.75, 3.05) is 11.3 Å². The molecule has 4 N–H and O–H groups in total. The number of benzene rings is 4. The molecule has 4 aromatic rings. The number of rotatable bonds is 11. The molecule has 42 heavy (non-hydrogen) atoms. The van der Waals surface area contributed by atoms with Crippen LogP contribution in [0.25, 0.3) is 10.8 Å². The molecule has 10 heteroatoms. The number of para-hydroxylation sites is 1. The molecule has 0 fully saturated rings. The van der Waals surface area contributed by atoms with Crippen LogP contribution in [0.3, 0.4) is 0 Å². The van der Waals surface area contributed by atoms with Crippen LogP contribution in [0.5, 0.6) is 0 Å². The summed E-state index contributed by atoms with van der Waals surface area (Å²) in [6.45, 7) is 1.95. The zero-order chi connectivity index (χ0) is 30.0. The second kappa shape index (κ2) is 14.1. The Morgan fingerprint density at radius 1 is 0.786 bits per heavy atom. The molecule has 0 saturated heterocycles. The van der Waals surface area contributed by atoms with Gasteiger partial charge in [-0.15, -0.1) is 0 Å². The van der Waals surface area contributed by atoms with Gasteiger partial charge in [-0.1, -0.05) is 84.9 Å². The van der Waals surface area contributed by atoms with Gasteiger partial charge in [0.1, 0.15) is 0 Å². The molecule has 0 heterocycles. The van der Waals surface area contributed by atoms with Gasteiger partial charge in [0.15, 0.2) is 0 Å². The molecule has 0 bridgehead atoms. The molecular formula is C32H32N4O5S. The number of anilines is 1. The van der Waals surface area contributed by atoms with Crippen molar-refractivity contribution in [3.05, 3.63) is 125 Å². The van der Waals surface area contributed by atoms with Crippen LogP contribution in [0.4, 0.5) is 5.69 Å². The maximum Gasteiger partial charge on any atom is 0.309 e. The molecule has 0 aliphatic heterocycles. The van der Waals surface area contributed by atoms with E-state index in [1.165, 1.54) is 6.08 Å². The Bertz CT molecular complexity index is 1700. The number of carbonyl (C=O) groups excluding carboxylic acids is 3. The third-order valence-corrected chi connectivity index (χ3v) is 7.52. The van der Waals surface area contributed by atoms with Crippen molar-refractivity contribution in [2.24, 2.45) is 0 Å². The molecular weight excluding hydrogens is 552 g/mol. The summed E-state index contributed by atoms with van der Waals surface area (Å²) in [6.07, 6.45) is 1.59. The summed E-state index contributed by atoms with van der Waals surface area (Å²) >= 11 is 0. The Morgan fingerprint density at radius 2 is 1.45 bits per heavy atom. The number of amides is 3. The average Bonchev–Trinajstić information content (AvgIpc) is 2.99. The predicted octanol–water partition coefficient (Wildman–Crippen LogP) is 4.41. The van der Waals surface area contributed by atoms with E-state index < -0.39 is 21.8 Å². The highest BCUT2D eigenvalue weighted by molar-refractivity contribution is 7.95. The summed E-state index contributed by atoms with van der Waals surface area (Å²) in [7, 11) is -3.69. The maximum atomic E-state index is 13.2. The molecule has 9 nitrogen and oxygen atoms in total. The van der Waals surface area contributed by atoms with Crippen LogP contribution < -0.4 is 20.7 Å². The molecule has 4 aromatic carbocycles. The lowest BCUT2D eigenvalue weighted by molar-refractivity contribution is -0.139. The van der Waals surface area contributed by atoms with Crippen LogP contribution in [0, 0.1) is 0 Å². The zero-order valence-electron chi connectivity index (χ0n) is 23.0. The highest BCUT2D eigenvalue weighted by atomic mass is 32.2. The molecule has 0 unspecified atom stereocenters. The topological polar surface area (TPSA) is 133 Å². The van der Waals surface area contributed by atoms with Crippen LogP contribution >= 0.6 is 0 Å². The minimum Gasteiger partial charge on any atom is -0.348 e. The van der Waals surface area contributed by atoms with E-state index in [-0.39, 0.29) is 31.5 Å². The van der Waals surface area contributed by atoms with Gasteiger partial charge in [0.05, 0.1) is 6.04 Å². The van der Waals surface area contributed by atoms with E-state index >= 15 is 0 Å². The SMILES string of the molecule is C[C@@H](NC(=O)c1ccccc1CNC(=O)C(=O)NCC/C=C/S(=O)(=O)Nc1ccccc1)c1cccc2ccccc12. The molecule has 0 aliphatic carbocycles. The van der Waals surface area contributed by atoms with E-state index in [2.05, 4.69) is 20.7 Å². The van der Waals surface area contributed by atoms with Crippen molar-refractivity contribution in [1.82, 2.24) is 16.0 Å². The van der Waals surface area contributed by atoms with Crippen molar-refractivity contribution in [2.45, 2.75) is 25.9 Å². The lowest BCUT2D eigenvalue weighted by Crippen LogP contribution is -2.40. The first-order valence-corrected chi connectivity index (χ1v) is 14.9. The number of carbonyl (C=O) groups is 3. The fourth-order valence-electron chi connectivity index (χ4n) is 4.38. The molecule has 4 rings (SSSR count). The Kier molecular flexibility index (Phi) is 10.1. The van der Waals surface area contributed by atoms with Crippen molar-refractivity contribution >= 4 is 44.2 Å². The largest absolute Gasteiger partial charge is 0.348 e. The number of fused-ring (bicyclic) bond motifs is 1. The van der Waals surface area contributed by atoms with Crippen molar-refractivity contribution in [3.63, 3.8) is 0 Å². The van der Waals surface area contributed by atoms with Crippen LogP contribution in [0.15, 0.2) is 109 Å². The van der Waals surface area contributed by atoms with Gasteiger partial charge in [-0.2, -0.15) is 0 Å². The predicted molar refractivity (Wildman–Crippen MR) is 164 cm³/mol. The van der Waals surface area contributed by atoms with Crippen LogP contribution in [0.2, 0.25) is 0 Å². The minimum absolute atomic E-state index is 0.0260. The highest BCUT2D eigenvalue weighted by Crippen LogP contribution is 2.24. The second-order valence-electron chi connectivity index (χ2n) is 9.53. The van der Waals surface area contributed by atoms with E-state index in [0.29, 0.717) is 16.8 Å². The highest BCUT2D eigenvalue weighted by Gasteiger charge is 2.18. The summed E-state index contributed by atoms with van der Waals surface area (Å²) in [4.78, 5) is 37.8. The standard InChI is InChI=1S/C32H32N4O5S/c1-23(27-19-11-14-24-12-5-7-17-28(24)27)35-30(37)29-18-8-6-13-25(29)22-34-32(39)31(38)33-20-9-10-21-42(40,41)36-26-15-3-2-4-16-26/h2-8,10-19,21,23,36H,9,20,22H2,1H3,(H,33,38)(H,34,39)(H,35,37)/b21-10+/t23-/m1/s1. The number of hydrogen-bond donors (Lipinski definition) is 4. The first kappa shape index (κ1) is 30.0. The lowest BCUT2D eigenvalue weighted by atomic mass is 9.99. The summed E-state index contributed by atoms with van der Waals surface area (Å²) in [5.41, 5.74) is 2.37. The zero-order valence-corrected chi connectivity index (χ0v) is 23.9. The maximum absolute atomic E-state index is 13.2. The summed E-state index contributed by atoms with van der Waals surface area (Å²) in [5, 5.41) is 11.2. The third-order valence-electron chi connectivity index (χ3n) is 6.45. The molecule has 0 radical (unpaired) electrons. The van der Waals surface area contributed by atoms with E-state index in [4.69, 9.17) is 0 Å². The van der Waals surface area contributed by atoms with Crippen molar-refractivity contribution in [1.29, 1.82) is 0 Å². The quantitative estimate of drug-likeness (QED) is 0.153. The molecule has 0 aliphatic rings. The Hall–Kier alpha value is -4.96. The van der Waals surface area contributed by atoms with Crippen molar-refractivity contribution < 1.29 is 22.8 Å². The van der Waals surface area contributed by atoms with Gasteiger partial charge < -0.3 is 16.0 Å². The summed E-state index contributed by atoms with van der Waals surface area (Å²) in [6, 6.07) is 29.0. The second-order valence-corrected chi connectivity index (χ2v) is 11.1. The molecule has 0 saturated carbocycles. The molecule has 3 amide bonds. The minimum atomic E-state index is -3.69. The molecule has 216 valence electrons. The Balaban J connectivity index is 1.26. The van der Waals surface area contributed by atoms with Crippen LogP contribution in [-0.4, -0.2) is 32.7 Å². The van der Waals surface area contributed by atoms with Gasteiger partial charge in [-0.3, -0.25) is 19.1 Å². The fourth-order valence-corrected chi connectivity index (χ4v) is 5.30. The Labute approximate surface area is 245 Å². The van der Waals surface area contributed by atoms with E-state index in [9.17, 15) is 22.8 Å². The van der Waals surface area contributed by atoms with E-state index in [1.807, 2.05) is 49.4 Å². The first-order valence-electron chi connectivity index (χ1n) is 13.4. The lowest BCUT2D eigenvalue weighted by Gasteiger charge is -2.18. The average molecular weight is 585 g/mol. The molecule has 0 spiro atoms. The first-order chi connectivity index (χ1) is 20.2. The summed E-state index contributed by atoms with van der Waals surface area (Å²) < 4.78 is 26.6. The van der Waals surface area contributed by atoms with Gasteiger partial charge in [-0.25, -0.2) is 8.42 Å². The van der Waals surface area contributed by atoms with Crippen LogP contribution in [0.1, 0.15) is 40.9 Å².